The van der Waals surface area contributed by atoms with Gasteiger partial charge in [-0.1, -0.05) is 67.5 Å². The molecule has 0 bridgehead atoms. The molecular weight excluding hydrogens is 356 g/mol. The van der Waals surface area contributed by atoms with E-state index in [1.807, 2.05) is 74.5 Å². The maximum Gasteiger partial charge on any atom is 0.408 e. The highest BCUT2D eigenvalue weighted by Gasteiger charge is 2.31. The van der Waals surface area contributed by atoms with Crippen LogP contribution in [0.1, 0.15) is 25.8 Å². The Hall–Kier alpha value is -3.02. The van der Waals surface area contributed by atoms with Crippen LogP contribution in [0.15, 0.2) is 65.8 Å². The number of para-hydroxylation sites is 1. The van der Waals surface area contributed by atoms with E-state index >= 15 is 0 Å². The average Bonchev–Trinajstić information content (AvgIpc) is 3.19. The molecule has 148 valence electrons. The van der Waals surface area contributed by atoms with Gasteiger partial charge < -0.3 is 19.6 Å². The van der Waals surface area contributed by atoms with Crippen molar-refractivity contribution in [1.82, 2.24) is 5.32 Å². The first kappa shape index (κ1) is 19.7. The summed E-state index contributed by atoms with van der Waals surface area (Å²) < 4.78 is 11.1. The molecule has 0 spiro atoms. The smallest absolute Gasteiger partial charge is 0.408 e. The minimum Gasteiger partial charge on any atom is -0.490 e. The summed E-state index contributed by atoms with van der Waals surface area (Å²) in [5.41, 5.74) is 1.74. The minimum absolute atomic E-state index is 0.153. The maximum atomic E-state index is 12.2. The molecule has 1 unspecified atom stereocenters. The summed E-state index contributed by atoms with van der Waals surface area (Å²) in [5.74, 6) is 0.947. The summed E-state index contributed by atoms with van der Waals surface area (Å²) in [5, 5.41) is 7.10. The van der Waals surface area contributed by atoms with Crippen molar-refractivity contribution in [3.05, 3.63) is 66.2 Å². The Bertz CT molecular complexity index is 778. The topological polar surface area (TPSA) is 69.2 Å². The Morgan fingerprint density at radius 1 is 1.14 bits per heavy atom. The summed E-state index contributed by atoms with van der Waals surface area (Å²) in [4.78, 5) is 17.7. The number of amides is 1. The largest absolute Gasteiger partial charge is 0.490 e. The van der Waals surface area contributed by atoms with Crippen LogP contribution in [0.25, 0.3) is 0 Å². The predicted octanol–water partition coefficient (Wildman–Crippen LogP) is 4.16. The van der Waals surface area contributed by atoms with Crippen LogP contribution >= 0.6 is 0 Å². The summed E-state index contributed by atoms with van der Waals surface area (Å²) in [7, 11) is 0. The van der Waals surface area contributed by atoms with Gasteiger partial charge in [0.1, 0.15) is 19.0 Å². The van der Waals surface area contributed by atoms with Gasteiger partial charge in [-0.3, -0.25) is 0 Å². The van der Waals surface area contributed by atoms with Crippen molar-refractivity contribution >= 4 is 11.8 Å². The molecule has 0 fully saturated rings. The van der Waals surface area contributed by atoms with Gasteiger partial charge in [0.2, 0.25) is 0 Å². The Balaban J connectivity index is 1.47. The lowest BCUT2D eigenvalue weighted by Crippen LogP contribution is -2.44. The normalized spacial score (nSPS) is 16.8. The molecule has 0 aromatic heterocycles. The average molecular weight is 382 g/mol. The highest BCUT2D eigenvalue weighted by molar-refractivity contribution is 5.93. The van der Waals surface area contributed by atoms with Crippen molar-refractivity contribution in [2.75, 3.05) is 6.61 Å². The van der Waals surface area contributed by atoms with Gasteiger partial charge in [0, 0.05) is 6.42 Å². The number of nitrogens with zero attached hydrogens (tertiary/aromatic N) is 1. The first-order valence-electron chi connectivity index (χ1n) is 9.49. The Labute approximate surface area is 165 Å². The predicted molar refractivity (Wildman–Crippen MR) is 107 cm³/mol. The molecule has 6 nitrogen and oxygen atoms in total. The Morgan fingerprint density at radius 2 is 1.82 bits per heavy atom. The third-order valence-electron chi connectivity index (χ3n) is 4.45. The first-order valence-corrected chi connectivity index (χ1v) is 9.49. The van der Waals surface area contributed by atoms with Crippen LogP contribution in [-0.2, 0) is 16.2 Å². The molecule has 0 aliphatic carbocycles. The molecule has 1 aliphatic heterocycles. The van der Waals surface area contributed by atoms with Gasteiger partial charge in [-0.15, -0.1) is 0 Å². The maximum absolute atomic E-state index is 12.2. The number of benzene rings is 2. The van der Waals surface area contributed by atoms with Gasteiger partial charge >= 0.3 is 6.09 Å². The molecule has 3 rings (SSSR count). The fourth-order valence-corrected chi connectivity index (χ4v) is 2.96. The summed E-state index contributed by atoms with van der Waals surface area (Å²) >= 11 is 0. The van der Waals surface area contributed by atoms with Crippen molar-refractivity contribution in [2.24, 2.45) is 11.1 Å². The van der Waals surface area contributed by atoms with E-state index in [2.05, 4.69) is 10.5 Å². The molecule has 1 N–H and O–H groups in total. The van der Waals surface area contributed by atoms with Crippen molar-refractivity contribution in [2.45, 2.75) is 39.0 Å². The summed E-state index contributed by atoms with van der Waals surface area (Å²) in [6.07, 6.45) is -0.0258. The second-order valence-corrected chi connectivity index (χ2v) is 7.07. The Morgan fingerprint density at radius 3 is 2.50 bits per heavy atom. The van der Waals surface area contributed by atoms with Crippen molar-refractivity contribution in [1.29, 1.82) is 0 Å². The fourth-order valence-electron chi connectivity index (χ4n) is 2.96. The van der Waals surface area contributed by atoms with Crippen LogP contribution in [-0.4, -0.2) is 30.6 Å². The monoisotopic (exact) mass is 382 g/mol. The molecule has 28 heavy (non-hydrogen) atoms. The number of hydrogen-bond acceptors (Lipinski definition) is 5. The van der Waals surface area contributed by atoms with Gasteiger partial charge in [-0.05, 0) is 23.6 Å². The van der Waals surface area contributed by atoms with E-state index in [9.17, 15) is 4.79 Å². The second-order valence-electron chi connectivity index (χ2n) is 7.07. The van der Waals surface area contributed by atoms with E-state index in [1.165, 1.54) is 0 Å². The van der Waals surface area contributed by atoms with Crippen LogP contribution in [0.2, 0.25) is 0 Å². The molecule has 0 radical (unpaired) electrons. The zero-order valence-corrected chi connectivity index (χ0v) is 16.2. The van der Waals surface area contributed by atoms with Crippen LogP contribution in [0, 0.1) is 5.92 Å². The third kappa shape index (κ3) is 5.74. The lowest BCUT2D eigenvalue weighted by Gasteiger charge is -2.21. The van der Waals surface area contributed by atoms with Crippen molar-refractivity contribution < 1.29 is 19.1 Å². The highest BCUT2D eigenvalue weighted by Crippen LogP contribution is 2.19. The van der Waals surface area contributed by atoms with Crippen LogP contribution in [0.5, 0.6) is 5.75 Å². The van der Waals surface area contributed by atoms with Gasteiger partial charge in [-0.25, -0.2) is 4.79 Å². The number of carbonyl (C=O) groups is 1. The molecule has 0 saturated heterocycles. The van der Waals surface area contributed by atoms with Crippen LogP contribution in [0.4, 0.5) is 4.79 Å². The standard InChI is InChI=1S/C22H26N2O4/c1-16(2)21(23-22(25)27-14-17-9-5-3-6-10-17)20-13-19(28-24-20)15-26-18-11-7-4-8-12-18/h3-12,16,19,21H,13-15H2,1-2H3,(H,23,25)/t19?,21-/m0/s1. The molecular formula is C22H26N2O4. The van der Waals surface area contributed by atoms with E-state index in [1.54, 1.807) is 0 Å². The quantitative estimate of drug-likeness (QED) is 0.744. The molecule has 1 heterocycles. The van der Waals surface area contributed by atoms with E-state index in [0.717, 1.165) is 17.0 Å². The molecule has 2 aromatic rings. The van der Waals surface area contributed by atoms with Gasteiger partial charge in [0.25, 0.3) is 0 Å². The minimum atomic E-state index is -0.464. The molecule has 2 aromatic carbocycles. The summed E-state index contributed by atoms with van der Waals surface area (Å²) in [6, 6.07) is 18.9. The Kier molecular flexibility index (Phi) is 6.89. The van der Waals surface area contributed by atoms with Crippen LogP contribution < -0.4 is 10.1 Å². The number of hydrogen-bond donors (Lipinski definition) is 1. The zero-order chi connectivity index (χ0) is 19.8. The lowest BCUT2D eigenvalue weighted by molar-refractivity contribution is 0.0470. The summed E-state index contributed by atoms with van der Waals surface area (Å²) in [6.45, 7) is 4.69. The molecule has 0 saturated carbocycles. The fraction of sp³-hybridized carbons (Fsp3) is 0.364. The number of nitrogens with one attached hydrogen (secondary N) is 1. The number of oxime groups is 1. The first-order chi connectivity index (χ1) is 13.6. The van der Waals surface area contributed by atoms with E-state index < -0.39 is 6.09 Å². The van der Waals surface area contributed by atoms with Gasteiger partial charge in [0.15, 0.2) is 6.10 Å². The molecule has 1 aliphatic rings. The molecule has 1 amide bonds. The van der Waals surface area contributed by atoms with Crippen LogP contribution in [0.3, 0.4) is 0 Å². The number of carbonyl (C=O) groups excluding carboxylic acids is 1. The highest BCUT2D eigenvalue weighted by atomic mass is 16.7. The number of alkyl carbamates (subject to hydrolysis) is 1. The van der Waals surface area contributed by atoms with Gasteiger partial charge in [-0.2, -0.15) is 0 Å². The van der Waals surface area contributed by atoms with E-state index in [0.29, 0.717) is 13.0 Å². The molecule has 2 atom stereocenters. The van der Waals surface area contributed by atoms with E-state index in [4.69, 9.17) is 14.3 Å². The van der Waals surface area contributed by atoms with E-state index in [-0.39, 0.29) is 24.7 Å². The molecule has 6 heteroatoms. The van der Waals surface area contributed by atoms with Gasteiger partial charge in [0.05, 0.1) is 11.8 Å². The van der Waals surface area contributed by atoms with Crippen molar-refractivity contribution in [3.8, 4) is 5.75 Å². The second kappa shape index (κ2) is 9.78. The zero-order valence-electron chi connectivity index (χ0n) is 16.2. The lowest BCUT2D eigenvalue weighted by atomic mass is 9.96. The third-order valence-corrected chi connectivity index (χ3v) is 4.45. The number of rotatable bonds is 8. The van der Waals surface area contributed by atoms with Crippen molar-refractivity contribution in [3.63, 3.8) is 0 Å². The number of ether oxygens (including phenoxy) is 2. The SMILES string of the molecule is CC(C)[C@H](NC(=O)OCc1ccccc1)C1=NOC(COc2ccccc2)C1.